The fourth-order valence-electron chi connectivity index (χ4n) is 2.39. The van der Waals surface area contributed by atoms with Gasteiger partial charge in [0.25, 0.3) is 0 Å². The third-order valence-electron chi connectivity index (χ3n) is 3.43. The van der Waals surface area contributed by atoms with Gasteiger partial charge >= 0.3 is 0 Å². The third-order valence-corrected chi connectivity index (χ3v) is 4.21. The second kappa shape index (κ2) is 6.48. The second-order valence-corrected chi connectivity index (χ2v) is 5.87. The number of nitrogens with two attached hydrogens (primary N) is 1. The molecule has 0 aromatic heterocycles. The fraction of sp³-hybridized carbons (Fsp3) is 0.250. The average molecular weight is 337 g/mol. The molecular formula is C16H18BrFN2. The Morgan fingerprint density at radius 3 is 2.60 bits per heavy atom. The summed E-state index contributed by atoms with van der Waals surface area (Å²) in [7, 11) is 0. The molecule has 0 saturated carbocycles. The van der Waals surface area contributed by atoms with Gasteiger partial charge < -0.3 is 0 Å². The summed E-state index contributed by atoms with van der Waals surface area (Å²) in [5, 5.41) is 0. The van der Waals surface area contributed by atoms with E-state index in [-0.39, 0.29) is 11.9 Å². The summed E-state index contributed by atoms with van der Waals surface area (Å²) in [6.45, 7) is 4.12. The van der Waals surface area contributed by atoms with Crippen LogP contribution in [0.5, 0.6) is 0 Å². The molecule has 0 aliphatic rings. The first-order chi connectivity index (χ1) is 9.51. The van der Waals surface area contributed by atoms with Gasteiger partial charge in [0, 0.05) is 4.47 Å². The lowest BCUT2D eigenvalue weighted by atomic mass is 9.94. The van der Waals surface area contributed by atoms with E-state index in [1.165, 1.54) is 23.3 Å². The summed E-state index contributed by atoms with van der Waals surface area (Å²) < 4.78 is 14.3. The Balaban J connectivity index is 2.31. The molecule has 3 N–H and O–H groups in total. The smallest absolute Gasteiger partial charge is 0.123 e. The number of nitrogens with one attached hydrogen (secondary N) is 1. The molecular weight excluding hydrogens is 319 g/mol. The average Bonchev–Trinajstić information content (AvgIpc) is 2.40. The molecule has 0 radical (unpaired) electrons. The van der Waals surface area contributed by atoms with Crippen molar-refractivity contribution in [2.75, 3.05) is 0 Å². The van der Waals surface area contributed by atoms with E-state index >= 15 is 0 Å². The standard InChI is InChI=1S/C16H18BrFN2/c1-10-3-5-14(11(2)7-10)16(20-19)9-12-8-13(18)4-6-15(12)17/h3-8,16,20H,9,19H2,1-2H3. The van der Waals surface area contributed by atoms with E-state index in [4.69, 9.17) is 5.84 Å². The normalized spacial score (nSPS) is 12.4. The van der Waals surface area contributed by atoms with Crippen LogP contribution in [0.1, 0.15) is 28.3 Å². The minimum absolute atomic E-state index is 0.0475. The second-order valence-electron chi connectivity index (χ2n) is 5.02. The highest BCUT2D eigenvalue weighted by atomic mass is 79.9. The highest BCUT2D eigenvalue weighted by molar-refractivity contribution is 9.10. The van der Waals surface area contributed by atoms with Crippen LogP contribution in [0.3, 0.4) is 0 Å². The molecule has 1 unspecified atom stereocenters. The molecule has 1 atom stereocenters. The Bertz CT molecular complexity index is 613. The lowest BCUT2D eigenvalue weighted by molar-refractivity contribution is 0.545. The van der Waals surface area contributed by atoms with Crippen LogP contribution in [0.2, 0.25) is 0 Å². The number of hydrazine groups is 1. The summed E-state index contributed by atoms with van der Waals surface area (Å²) in [5.41, 5.74) is 7.26. The van der Waals surface area contributed by atoms with Crippen LogP contribution in [-0.2, 0) is 6.42 Å². The summed E-state index contributed by atoms with van der Waals surface area (Å²) in [6, 6.07) is 10.9. The van der Waals surface area contributed by atoms with E-state index in [1.54, 1.807) is 6.07 Å². The molecule has 106 valence electrons. The van der Waals surface area contributed by atoms with Gasteiger partial charge in [-0.05, 0) is 55.2 Å². The van der Waals surface area contributed by atoms with Gasteiger partial charge in [0.1, 0.15) is 5.82 Å². The van der Waals surface area contributed by atoms with Gasteiger partial charge in [0.2, 0.25) is 0 Å². The van der Waals surface area contributed by atoms with Gasteiger partial charge in [0.05, 0.1) is 6.04 Å². The molecule has 0 bridgehead atoms. The molecule has 0 heterocycles. The number of hydrogen-bond donors (Lipinski definition) is 2. The zero-order valence-corrected chi connectivity index (χ0v) is 13.2. The molecule has 2 nitrogen and oxygen atoms in total. The molecule has 0 fully saturated rings. The summed E-state index contributed by atoms with van der Waals surface area (Å²) in [6.07, 6.45) is 0.624. The fourth-order valence-corrected chi connectivity index (χ4v) is 2.80. The lowest BCUT2D eigenvalue weighted by Gasteiger charge is -2.20. The Hall–Kier alpha value is -1.23. The minimum atomic E-state index is -0.236. The first-order valence-electron chi connectivity index (χ1n) is 6.48. The van der Waals surface area contributed by atoms with Gasteiger partial charge in [-0.3, -0.25) is 11.3 Å². The highest BCUT2D eigenvalue weighted by Gasteiger charge is 2.15. The molecule has 0 aliphatic heterocycles. The number of benzene rings is 2. The lowest BCUT2D eigenvalue weighted by Crippen LogP contribution is -2.30. The Kier molecular flexibility index (Phi) is 4.91. The largest absolute Gasteiger partial charge is 0.271 e. The first-order valence-corrected chi connectivity index (χ1v) is 7.27. The molecule has 0 aliphatic carbocycles. The number of halogens is 2. The van der Waals surface area contributed by atoms with E-state index in [0.29, 0.717) is 6.42 Å². The quantitative estimate of drug-likeness (QED) is 0.655. The predicted octanol–water partition coefficient (Wildman–Crippen LogP) is 3.95. The summed E-state index contributed by atoms with van der Waals surface area (Å²) >= 11 is 3.46. The minimum Gasteiger partial charge on any atom is -0.271 e. The van der Waals surface area contributed by atoms with Crippen molar-refractivity contribution in [2.24, 2.45) is 5.84 Å². The molecule has 0 amide bonds. The molecule has 2 rings (SSSR count). The topological polar surface area (TPSA) is 38.0 Å². The van der Waals surface area contributed by atoms with E-state index in [9.17, 15) is 4.39 Å². The van der Waals surface area contributed by atoms with Crippen molar-refractivity contribution < 1.29 is 4.39 Å². The van der Waals surface area contributed by atoms with Gasteiger partial charge in [-0.25, -0.2) is 4.39 Å². The number of aryl methyl sites for hydroxylation is 2. The highest BCUT2D eigenvalue weighted by Crippen LogP contribution is 2.26. The van der Waals surface area contributed by atoms with Crippen molar-refractivity contribution in [1.82, 2.24) is 5.43 Å². The molecule has 0 spiro atoms. The van der Waals surface area contributed by atoms with Crippen molar-refractivity contribution in [2.45, 2.75) is 26.3 Å². The van der Waals surface area contributed by atoms with E-state index in [0.717, 1.165) is 15.6 Å². The Morgan fingerprint density at radius 2 is 1.95 bits per heavy atom. The van der Waals surface area contributed by atoms with Gasteiger partial charge in [0.15, 0.2) is 0 Å². The van der Waals surface area contributed by atoms with Crippen LogP contribution in [0.4, 0.5) is 4.39 Å². The maximum atomic E-state index is 13.4. The molecule has 20 heavy (non-hydrogen) atoms. The van der Waals surface area contributed by atoms with Crippen LogP contribution >= 0.6 is 15.9 Å². The first kappa shape index (κ1) is 15.2. The van der Waals surface area contributed by atoms with E-state index in [1.807, 2.05) is 0 Å². The maximum Gasteiger partial charge on any atom is 0.123 e. The van der Waals surface area contributed by atoms with Gasteiger partial charge in [-0.15, -0.1) is 0 Å². The van der Waals surface area contributed by atoms with Crippen molar-refractivity contribution >= 4 is 15.9 Å². The third kappa shape index (κ3) is 3.45. The van der Waals surface area contributed by atoms with Crippen molar-refractivity contribution in [3.05, 3.63) is 68.9 Å². The maximum absolute atomic E-state index is 13.4. The van der Waals surface area contributed by atoms with E-state index < -0.39 is 0 Å². The Morgan fingerprint density at radius 1 is 1.20 bits per heavy atom. The summed E-state index contributed by atoms with van der Waals surface area (Å²) in [5.74, 6) is 5.45. The predicted molar refractivity (Wildman–Crippen MR) is 83.8 cm³/mol. The zero-order valence-electron chi connectivity index (χ0n) is 11.6. The van der Waals surface area contributed by atoms with Crippen LogP contribution < -0.4 is 11.3 Å². The molecule has 4 heteroatoms. The molecule has 2 aromatic rings. The molecule has 2 aromatic carbocycles. The van der Waals surface area contributed by atoms with Crippen LogP contribution in [0, 0.1) is 19.7 Å². The van der Waals surface area contributed by atoms with Gasteiger partial charge in [-0.1, -0.05) is 39.7 Å². The van der Waals surface area contributed by atoms with Crippen LogP contribution in [-0.4, -0.2) is 0 Å². The van der Waals surface area contributed by atoms with E-state index in [2.05, 4.69) is 53.4 Å². The molecule has 0 saturated heterocycles. The number of rotatable bonds is 4. The Labute approximate surface area is 127 Å². The van der Waals surface area contributed by atoms with Gasteiger partial charge in [-0.2, -0.15) is 0 Å². The monoisotopic (exact) mass is 336 g/mol. The van der Waals surface area contributed by atoms with Crippen molar-refractivity contribution in [1.29, 1.82) is 0 Å². The van der Waals surface area contributed by atoms with Crippen LogP contribution in [0.25, 0.3) is 0 Å². The van der Waals surface area contributed by atoms with Crippen LogP contribution in [0.15, 0.2) is 40.9 Å². The zero-order chi connectivity index (χ0) is 14.7. The number of hydrogen-bond acceptors (Lipinski definition) is 2. The van der Waals surface area contributed by atoms with Crippen molar-refractivity contribution in [3.8, 4) is 0 Å². The summed E-state index contributed by atoms with van der Waals surface area (Å²) in [4.78, 5) is 0. The van der Waals surface area contributed by atoms with Crippen molar-refractivity contribution in [3.63, 3.8) is 0 Å². The SMILES string of the molecule is Cc1ccc(C(Cc2cc(F)ccc2Br)NN)c(C)c1.